The molecule has 1 N–H and O–H groups in total. The maximum atomic E-state index is 11.3. The van der Waals surface area contributed by atoms with Crippen molar-refractivity contribution >= 4 is 5.91 Å². The molecule has 0 aromatic heterocycles. The predicted octanol–water partition coefficient (Wildman–Crippen LogP) is -0.138. The van der Waals surface area contributed by atoms with Crippen LogP contribution in [0.25, 0.3) is 0 Å². The zero-order valence-electron chi connectivity index (χ0n) is 8.67. The van der Waals surface area contributed by atoms with Gasteiger partial charge >= 0.3 is 0 Å². The van der Waals surface area contributed by atoms with Crippen LogP contribution in [0.15, 0.2) is 0 Å². The molecule has 1 amide bonds. The maximum Gasteiger partial charge on any atom is 0.237 e. The van der Waals surface area contributed by atoms with Crippen molar-refractivity contribution in [3.05, 3.63) is 0 Å². The van der Waals surface area contributed by atoms with Gasteiger partial charge in [-0.2, -0.15) is 0 Å². The molecule has 2 saturated heterocycles. The molecule has 80 valence electrons. The van der Waals surface area contributed by atoms with Gasteiger partial charge in [0, 0.05) is 6.54 Å². The number of nitrogens with zero attached hydrogens (tertiary/aromatic N) is 2. The van der Waals surface area contributed by atoms with Crippen molar-refractivity contribution in [2.45, 2.75) is 19.3 Å². The summed E-state index contributed by atoms with van der Waals surface area (Å²) in [5.74, 6) is 0.256. The van der Waals surface area contributed by atoms with Gasteiger partial charge in [-0.05, 0) is 38.9 Å². The van der Waals surface area contributed by atoms with Crippen molar-refractivity contribution < 1.29 is 4.79 Å². The molecule has 2 aliphatic heterocycles. The molecule has 2 rings (SSSR count). The van der Waals surface area contributed by atoms with E-state index < -0.39 is 0 Å². The van der Waals surface area contributed by atoms with E-state index in [0.717, 1.165) is 26.2 Å². The summed E-state index contributed by atoms with van der Waals surface area (Å²) in [5.41, 5.74) is 0. The van der Waals surface area contributed by atoms with Crippen molar-refractivity contribution in [3.8, 4) is 0 Å². The fourth-order valence-corrected chi connectivity index (χ4v) is 2.19. The van der Waals surface area contributed by atoms with Crippen LogP contribution < -0.4 is 5.32 Å². The topological polar surface area (TPSA) is 35.6 Å². The highest BCUT2D eigenvalue weighted by molar-refractivity contribution is 5.79. The number of nitrogens with one attached hydrogen (secondary N) is 1. The van der Waals surface area contributed by atoms with Gasteiger partial charge in [-0.1, -0.05) is 0 Å². The zero-order valence-corrected chi connectivity index (χ0v) is 8.67. The van der Waals surface area contributed by atoms with Gasteiger partial charge in [-0.15, -0.1) is 0 Å². The van der Waals surface area contributed by atoms with E-state index in [-0.39, 0.29) is 5.91 Å². The Morgan fingerprint density at radius 2 is 2.00 bits per heavy atom. The largest absolute Gasteiger partial charge is 0.329 e. The minimum atomic E-state index is 0.256. The summed E-state index contributed by atoms with van der Waals surface area (Å²) in [5, 5.41) is 3.06. The van der Waals surface area contributed by atoms with Crippen molar-refractivity contribution in [1.29, 1.82) is 0 Å². The number of hydrogen-bond acceptors (Lipinski definition) is 3. The number of rotatable bonds is 4. The Labute approximate surface area is 85.2 Å². The summed E-state index contributed by atoms with van der Waals surface area (Å²) in [7, 11) is 0. The number of likely N-dealkylation sites (tertiary alicyclic amines) is 1. The smallest absolute Gasteiger partial charge is 0.237 e. The van der Waals surface area contributed by atoms with Crippen LogP contribution in [-0.2, 0) is 4.79 Å². The molecule has 0 spiro atoms. The van der Waals surface area contributed by atoms with E-state index in [4.69, 9.17) is 0 Å². The van der Waals surface area contributed by atoms with Crippen LogP contribution in [0.1, 0.15) is 19.3 Å². The summed E-state index contributed by atoms with van der Waals surface area (Å²) >= 11 is 0. The summed E-state index contributed by atoms with van der Waals surface area (Å²) in [6.45, 7) is 5.87. The Balaban J connectivity index is 1.60. The maximum absolute atomic E-state index is 11.3. The summed E-state index contributed by atoms with van der Waals surface area (Å²) in [6, 6.07) is 0. The van der Waals surface area contributed by atoms with Crippen LogP contribution in [-0.4, -0.2) is 55.1 Å². The van der Waals surface area contributed by atoms with E-state index >= 15 is 0 Å². The molecule has 0 radical (unpaired) electrons. The van der Waals surface area contributed by atoms with Crippen molar-refractivity contribution in [3.63, 3.8) is 0 Å². The van der Waals surface area contributed by atoms with Gasteiger partial charge in [-0.3, -0.25) is 10.1 Å². The Hall–Kier alpha value is -0.610. The molecule has 2 heterocycles. The fraction of sp³-hybridized carbons (Fsp3) is 0.900. The monoisotopic (exact) mass is 197 g/mol. The van der Waals surface area contributed by atoms with Gasteiger partial charge < -0.3 is 9.80 Å². The molecule has 0 saturated carbocycles. The van der Waals surface area contributed by atoms with Gasteiger partial charge in [0.25, 0.3) is 0 Å². The Kier molecular flexibility index (Phi) is 3.37. The van der Waals surface area contributed by atoms with Crippen LogP contribution in [0.4, 0.5) is 0 Å². The van der Waals surface area contributed by atoms with Crippen LogP contribution in [0.3, 0.4) is 0 Å². The highest BCUT2D eigenvalue weighted by atomic mass is 16.2. The normalized spacial score (nSPS) is 23.7. The van der Waals surface area contributed by atoms with E-state index in [2.05, 4.69) is 10.2 Å². The molecule has 2 aliphatic rings. The number of carbonyl (C=O) groups excluding carboxylic acids is 1. The molecule has 0 aromatic carbocycles. The molecule has 0 unspecified atom stereocenters. The highest BCUT2D eigenvalue weighted by Crippen LogP contribution is 2.08. The molecule has 4 heteroatoms. The van der Waals surface area contributed by atoms with E-state index in [9.17, 15) is 4.79 Å². The first-order valence-electron chi connectivity index (χ1n) is 5.57. The number of amides is 1. The Bertz CT molecular complexity index is 202. The third-order valence-corrected chi connectivity index (χ3v) is 3.03. The van der Waals surface area contributed by atoms with Crippen LogP contribution in [0.2, 0.25) is 0 Å². The first-order valence-corrected chi connectivity index (χ1v) is 5.57. The third-order valence-electron chi connectivity index (χ3n) is 3.03. The summed E-state index contributed by atoms with van der Waals surface area (Å²) < 4.78 is 0. The zero-order chi connectivity index (χ0) is 9.80. The average molecular weight is 197 g/mol. The minimum Gasteiger partial charge on any atom is -0.329 e. The molecule has 0 aliphatic carbocycles. The molecule has 0 bridgehead atoms. The Morgan fingerprint density at radius 3 is 2.64 bits per heavy atom. The average Bonchev–Trinajstić information content (AvgIpc) is 2.78. The summed E-state index contributed by atoms with van der Waals surface area (Å²) in [6.07, 6.45) is 3.82. The second-order valence-electron chi connectivity index (χ2n) is 4.14. The van der Waals surface area contributed by atoms with Crippen LogP contribution in [0, 0.1) is 0 Å². The summed E-state index contributed by atoms with van der Waals surface area (Å²) in [4.78, 5) is 15.7. The van der Waals surface area contributed by atoms with Gasteiger partial charge in [-0.25, -0.2) is 0 Å². The Morgan fingerprint density at radius 1 is 1.21 bits per heavy atom. The molecule has 0 atom stereocenters. The molecular weight excluding hydrogens is 178 g/mol. The fourth-order valence-electron chi connectivity index (χ4n) is 2.19. The lowest BCUT2D eigenvalue weighted by atomic mass is 10.3. The SMILES string of the molecule is O=C1CNCN1CCCN1CCCC1. The van der Waals surface area contributed by atoms with E-state index in [1.54, 1.807) is 0 Å². The van der Waals surface area contributed by atoms with Gasteiger partial charge in [0.1, 0.15) is 0 Å². The lowest BCUT2D eigenvalue weighted by molar-refractivity contribution is -0.126. The van der Waals surface area contributed by atoms with Gasteiger partial charge in [0.15, 0.2) is 0 Å². The quantitative estimate of drug-likeness (QED) is 0.681. The van der Waals surface area contributed by atoms with E-state index in [1.165, 1.54) is 25.9 Å². The van der Waals surface area contributed by atoms with Crippen molar-refractivity contribution in [2.24, 2.45) is 0 Å². The molecule has 2 fully saturated rings. The lowest BCUT2D eigenvalue weighted by Gasteiger charge is -2.18. The second kappa shape index (κ2) is 4.75. The van der Waals surface area contributed by atoms with Gasteiger partial charge in [0.05, 0.1) is 13.2 Å². The van der Waals surface area contributed by atoms with Crippen molar-refractivity contribution in [1.82, 2.24) is 15.1 Å². The molecule has 14 heavy (non-hydrogen) atoms. The van der Waals surface area contributed by atoms with Gasteiger partial charge in [0.2, 0.25) is 5.91 Å². The number of carbonyl (C=O) groups is 1. The number of hydrogen-bond donors (Lipinski definition) is 1. The first kappa shape index (κ1) is 9.93. The van der Waals surface area contributed by atoms with Crippen LogP contribution in [0.5, 0.6) is 0 Å². The standard InChI is InChI=1S/C10H19N3O/c14-10-8-11-9-13(10)7-3-6-12-4-1-2-5-12/h11H,1-9H2. The van der Waals surface area contributed by atoms with E-state index in [0.29, 0.717) is 6.54 Å². The second-order valence-corrected chi connectivity index (χ2v) is 4.14. The highest BCUT2D eigenvalue weighted by Gasteiger charge is 2.19. The third kappa shape index (κ3) is 2.45. The van der Waals surface area contributed by atoms with Crippen LogP contribution >= 0.6 is 0 Å². The first-order chi connectivity index (χ1) is 6.86. The molecule has 0 aromatic rings. The minimum absolute atomic E-state index is 0.256. The van der Waals surface area contributed by atoms with Crippen molar-refractivity contribution in [2.75, 3.05) is 39.4 Å². The van der Waals surface area contributed by atoms with E-state index in [1.807, 2.05) is 4.90 Å². The lowest BCUT2D eigenvalue weighted by Crippen LogP contribution is -2.30. The molecular formula is C10H19N3O. The molecule has 4 nitrogen and oxygen atoms in total. The predicted molar refractivity (Wildman–Crippen MR) is 54.9 cm³/mol.